The van der Waals surface area contributed by atoms with Crippen molar-refractivity contribution < 1.29 is 73.3 Å². The molecule has 0 aromatic heterocycles. The first-order valence-corrected chi connectivity index (χ1v) is 69.3. The molecule has 0 radical (unpaired) electrons. The summed E-state index contributed by atoms with van der Waals surface area (Å²) in [7, 11) is -10.4. The van der Waals surface area contributed by atoms with Gasteiger partial charge in [0, 0.05) is 32.3 Å². The van der Waals surface area contributed by atoms with Crippen LogP contribution in [0.15, 0.2) is 237 Å². The number of fused-ring (bicyclic) bond motifs is 6. The van der Waals surface area contributed by atoms with Gasteiger partial charge >= 0.3 is 198 Å². The van der Waals surface area contributed by atoms with E-state index in [1.807, 2.05) is 20.8 Å². The summed E-state index contributed by atoms with van der Waals surface area (Å²) >= 11 is 2.92. The topological polar surface area (TPSA) is 0 Å². The van der Waals surface area contributed by atoms with Crippen LogP contribution >= 0.6 is 0 Å². The molecule has 2 aliphatic rings. The fraction of sp³-hybridized carbons (Fsp3) is 0.362. The molecule has 0 heterocycles. The number of allylic oxidation sites excluding steroid dienone is 8. The summed E-state index contributed by atoms with van der Waals surface area (Å²) in [6.07, 6.45) is 12.7. The van der Waals surface area contributed by atoms with E-state index in [-0.39, 0.29) is 24.8 Å². The van der Waals surface area contributed by atoms with Crippen molar-refractivity contribution in [1.82, 2.24) is 0 Å². The third-order valence-corrected chi connectivity index (χ3v) is 41.0. The molecule has 0 spiro atoms. The molecule has 0 aliphatic heterocycles. The molecule has 2 atom stereocenters. The van der Waals surface area contributed by atoms with Gasteiger partial charge in [-0.25, -0.2) is 20.8 Å². The molecular weight excluding hydrogens is 1610 g/mol. The Morgan fingerprint density at radius 3 is 0.660 bits per heavy atom. The summed E-state index contributed by atoms with van der Waals surface area (Å²) < 4.78 is 2.83. The van der Waals surface area contributed by atoms with Gasteiger partial charge in [-0.1, -0.05) is 256 Å². The minimum absolute atomic E-state index is 0. The summed E-state index contributed by atoms with van der Waals surface area (Å²) in [4.78, 5) is 0. The Morgan fingerprint density at radius 1 is 0.292 bits per heavy atom. The number of benzene rings is 8. The van der Waals surface area contributed by atoms with Gasteiger partial charge in [-0.2, -0.15) is 10.4 Å². The van der Waals surface area contributed by atoms with Gasteiger partial charge in [0.25, 0.3) is 0 Å². The van der Waals surface area contributed by atoms with E-state index in [9.17, 15) is 0 Å². The molecule has 0 N–H and O–H groups in total. The third kappa shape index (κ3) is 24.6. The van der Waals surface area contributed by atoms with Crippen molar-refractivity contribution in [1.29, 1.82) is 0 Å². The van der Waals surface area contributed by atoms with Crippen molar-refractivity contribution in [3.8, 4) is 0 Å². The molecule has 0 amide bonds. The first-order valence-electron chi connectivity index (χ1n) is 38.7. The maximum atomic E-state index is 4.12. The van der Waals surface area contributed by atoms with Gasteiger partial charge in [-0.15, -0.1) is 90.6 Å². The average Bonchev–Trinajstić information content (AvgIpc) is 1.59. The monoisotopic (exact) mass is 1730 g/mol. The van der Waals surface area contributed by atoms with Crippen molar-refractivity contribution >= 4 is 114 Å². The summed E-state index contributed by atoms with van der Waals surface area (Å²) in [5, 5.41) is 22.0. The number of rotatable bonds is 16. The van der Waals surface area contributed by atoms with E-state index in [0.717, 1.165) is 25.7 Å². The third-order valence-electron chi connectivity index (χ3n) is 20.1. The van der Waals surface area contributed by atoms with E-state index >= 15 is 0 Å². The number of halogens is 2. The zero-order valence-corrected chi connectivity index (χ0v) is 84.8. The van der Waals surface area contributed by atoms with Gasteiger partial charge in [0.15, 0.2) is 0 Å². The van der Waals surface area contributed by atoms with Crippen molar-refractivity contribution in [2.45, 2.75) is 222 Å². The van der Waals surface area contributed by atoms with Crippen molar-refractivity contribution in [3.63, 3.8) is 0 Å². The molecule has 12 heteroatoms. The van der Waals surface area contributed by atoms with Crippen molar-refractivity contribution in [2.75, 3.05) is 0 Å². The van der Waals surface area contributed by atoms with Crippen LogP contribution in [-0.2, 0) is 74.2 Å². The van der Waals surface area contributed by atoms with Crippen LogP contribution in [0.3, 0.4) is 0 Å². The summed E-state index contributed by atoms with van der Waals surface area (Å²) in [5.74, 6) is 0. The fourth-order valence-electron chi connectivity index (χ4n) is 14.7. The van der Waals surface area contributed by atoms with E-state index in [1.165, 1.54) is 142 Å². The van der Waals surface area contributed by atoms with Crippen LogP contribution in [0.25, 0.3) is 43.1 Å². The molecule has 0 fully saturated rings. The second kappa shape index (κ2) is 38.7. The van der Waals surface area contributed by atoms with E-state index in [2.05, 4.69) is 403 Å². The molecule has 2 aliphatic carbocycles. The summed E-state index contributed by atoms with van der Waals surface area (Å²) in [5.41, 5.74) is 12.4. The SMILES string of the molecule is CCc1ccc2c(c1)[cH-]c1cc(CC)ccc12.CCc1ccc2c(c1)[cH-]c1cc(CC)ccc12.C[Si](C)(C)C1=[C-]C([Si](C)(C)C)C([Si](C)(C)C)=C1[Si](C)(C)C.C[Si](C)(C)C1=[C-]C([Si](C)(C)C)C([Si](C)(C)C)=C1[Si](C)(C)C.[Cl-].[Cl-].[Zr+2]=[C](c1ccccc1)c1ccccc1.[Zr+2]=[C](c1ccccc1)c1ccccc1. The molecule has 0 nitrogen and oxygen atoms in total. The van der Waals surface area contributed by atoms with Gasteiger partial charge in [0.2, 0.25) is 0 Å². The molecule has 0 saturated carbocycles. The van der Waals surface area contributed by atoms with Gasteiger partial charge in [0.1, 0.15) is 0 Å². The fourth-order valence-corrected chi connectivity index (χ4v) is 44.6. The average molecular weight is 1740 g/mol. The molecule has 10 aromatic rings. The normalized spacial score (nSPS) is 14.9. The standard InChI is InChI=1S/2C17H37Si4.2C17H17.2C13H10.2ClH.2Zr/c2*1-18(2,3)14-13-15(19(4,5)6)17(21(10,11)12)16(14)20(7,8)9;2*1-3-12-5-7-16-14(9-12)11-15-10-13(4-2)6-8-17(15)16;2*1-3-7-12(8-4-1)11-13-9-5-2-6-10-13;;;;/h2*14H,1-12H3;2*5-11H,3-4H2,1-2H3;2*1-10H;2*1H;;/q4*-1;;;;;2*+2/p-2. The Hall–Kier alpha value is -3.72. The van der Waals surface area contributed by atoms with Crippen molar-refractivity contribution in [3.05, 3.63) is 294 Å². The van der Waals surface area contributed by atoms with Gasteiger partial charge in [0.05, 0.1) is 16.1 Å². The minimum atomic E-state index is -1.32. The number of hydrogen-bond acceptors (Lipinski definition) is 0. The molecule has 2 unspecified atom stereocenters. The second-order valence-corrected chi connectivity index (χ2v) is 80.5. The maximum absolute atomic E-state index is 4.12. The molecule has 12 rings (SSSR count). The quantitative estimate of drug-likeness (QED) is 0.0668. The molecular formula is C94H128Cl2Si8Zr2-2. The van der Waals surface area contributed by atoms with Crippen LogP contribution in [0.2, 0.25) is 168 Å². The molecule has 106 heavy (non-hydrogen) atoms. The summed E-state index contributed by atoms with van der Waals surface area (Å²) in [6, 6.07) is 74.2. The number of aryl methyl sites for hydroxylation is 4. The Morgan fingerprint density at radius 2 is 0.500 bits per heavy atom. The first kappa shape index (κ1) is 92.9. The van der Waals surface area contributed by atoms with Gasteiger partial charge in [-0.3, -0.25) is 12.2 Å². The van der Waals surface area contributed by atoms with E-state index < -0.39 is 64.6 Å². The Bertz CT molecular complexity index is 4190. The van der Waals surface area contributed by atoms with E-state index in [4.69, 9.17) is 0 Å². The zero-order valence-electron chi connectivity index (χ0n) is 70.4. The van der Waals surface area contributed by atoms with E-state index in [0.29, 0.717) is 11.1 Å². The second-order valence-electron chi connectivity index (χ2n) is 37.3. The van der Waals surface area contributed by atoms with E-state index in [1.54, 1.807) is 10.4 Å². The Balaban J connectivity index is 0.000000229. The molecule has 0 bridgehead atoms. The molecule has 560 valence electrons. The predicted molar refractivity (Wildman–Crippen MR) is 486 cm³/mol. The van der Waals surface area contributed by atoms with Gasteiger partial charge < -0.3 is 24.8 Å². The number of hydrogen-bond donors (Lipinski definition) is 0. The first-order chi connectivity index (χ1) is 48.3. The van der Waals surface area contributed by atoms with Crippen LogP contribution in [0.1, 0.15) is 72.2 Å². The van der Waals surface area contributed by atoms with Crippen LogP contribution < -0.4 is 24.8 Å². The zero-order chi connectivity index (χ0) is 77.3. The van der Waals surface area contributed by atoms with Crippen LogP contribution in [0, 0.1) is 12.2 Å². The molecule has 0 saturated heterocycles. The van der Waals surface area contributed by atoms with Crippen LogP contribution in [0.4, 0.5) is 0 Å². The van der Waals surface area contributed by atoms with Crippen LogP contribution in [-0.4, -0.2) is 71.0 Å². The Labute approximate surface area is 695 Å². The van der Waals surface area contributed by atoms with Crippen molar-refractivity contribution in [2.24, 2.45) is 0 Å². The molecule has 10 aromatic carbocycles. The Kier molecular flexibility index (Phi) is 33.9. The van der Waals surface area contributed by atoms with Crippen LogP contribution in [0.5, 0.6) is 0 Å². The summed E-state index contributed by atoms with van der Waals surface area (Å²) in [6.45, 7) is 69.9. The predicted octanol–water partition coefficient (Wildman–Crippen LogP) is 22.0. The van der Waals surface area contributed by atoms with Gasteiger partial charge in [-0.05, 0) is 41.8 Å².